The zero-order valence-corrected chi connectivity index (χ0v) is 10.8. The molecule has 1 aliphatic carbocycles. The number of carbonyl (C=O) groups is 3. The molecule has 104 valence electrons. The number of imide groups is 1. The first-order valence-electron chi connectivity index (χ1n) is 6.49. The summed E-state index contributed by atoms with van der Waals surface area (Å²) in [5.74, 6) is -1.24. The third-order valence-corrected chi connectivity index (χ3v) is 3.59. The van der Waals surface area contributed by atoms with Gasteiger partial charge in [-0.1, -0.05) is 12.1 Å². The van der Waals surface area contributed by atoms with Gasteiger partial charge < -0.3 is 10.0 Å². The van der Waals surface area contributed by atoms with E-state index < -0.39 is 5.97 Å². The number of carboxylic acids is 1. The molecule has 1 saturated heterocycles. The number of aromatic carboxylic acids is 1. The van der Waals surface area contributed by atoms with Gasteiger partial charge in [0.2, 0.25) is 0 Å². The quantitative estimate of drug-likeness (QED) is 0.840. The van der Waals surface area contributed by atoms with Crippen molar-refractivity contribution in [1.82, 2.24) is 9.80 Å². The first-order valence-corrected chi connectivity index (χ1v) is 6.49. The second-order valence-corrected chi connectivity index (χ2v) is 5.13. The maximum atomic E-state index is 12.1. The van der Waals surface area contributed by atoms with Gasteiger partial charge in [-0.15, -0.1) is 0 Å². The van der Waals surface area contributed by atoms with Gasteiger partial charge in [0.1, 0.15) is 6.54 Å². The topological polar surface area (TPSA) is 77.9 Å². The van der Waals surface area contributed by atoms with Crippen molar-refractivity contribution in [1.29, 1.82) is 0 Å². The minimum absolute atomic E-state index is 0.127. The van der Waals surface area contributed by atoms with Crippen molar-refractivity contribution in [3.63, 3.8) is 0 Å². The highest BCUT2D eigenvalue weighted by atomic mass is 16.4. The molecule has 20 heavy (non-hydrogen) atoms. The normalized spacial score (nSPS) is 18.8. The Balaban J connectivity index is 1.77. The summed E-state index contributed by atoms with van der Waals surface area (Å²) in [6.07, 6.45) is 1.92. The van der Waals surface area contributed by atoms with Crippen LogP contribution in [0.15, 0.2) is 24.3 Å². The van der Waals surface area contributed by atoms with Crippen LogP contribution < -0.4 is 0 Å². The molecule has 1 aromatic rings. The highest BCUT2D eigenvalue weighted by Gasteiger charge is 2.43. The Morgan fingerprint density at radius 3 is 2.70 bits per heavy atom. The Kier molecular flexibility index (Phi) is 2.93. The first-order chi connectivity index (χ1) is 9.56. The van der Waals surface area contributed by atoms with Crippen molar-refractivity contribution >= 4 is 17.9 Å². The monoisotopic (exact) mass is 274 g/mol. The highest BCUT2D eigenvalue weighted by molar-refractivity contribution is 6.02. The number of nitrogens with zero attached hydrogens (tertiary/aromatic N) is 2. The summed E-state index contributed by atoms with van der Waals surface area (Å²) in [5.41, 5.74) is 0.796. The number of carboxylic acid groups (broad SMARTS) is 1. The molecule has 0 atom stereocenters. The summed E-state index contributed by atoms with van der Waals surface area (Å²) >= 11 is 0. The van der Waals surface area contributed by atoms with Crippen LogP contribution in [0.3, 0.4) is 0 Å². The molecule has 0 unspecified atom stereocenters. The van der Waals surface area contributed by atoms with Crippen LogP contribution in [0.25, 0.3) is 0 Å². The number of carbonyl (C=O) groups excluding carboxylic acids is 2. The summed E-state index contributed by atoms with van der Waals surface area (Å²) in [5, 5.41) is 8.94. The Morgan fingerprint density at radius 2 is 2.05 bits per heavy atom. The molecule has 1 saturated carbocycles. The lowest BCUT2D eigenvalue weighted by molar-refractivity contribution is -0.125. The van der Waals surface area contributed by atoms with E-state index in [1.165, 1.54) is 17.0 Å². The number of hydrogen-bond donors (Lipinski definition) is 1. The van der Waals surface area contributed by atoms with Crippen LogP contribution in [0.5, 0.6) is 0 Å². The van der Waals surface area contributed by atoms with Crippen LogP contribution >= 0.6 is 0 Å². The van der Waals surface area contributed by atoms with Gasteiger partial charge >= 0.3 is 12.0 Å². The van der Waals surface area contributed by atoms with Crippen LogP contribution in [-0.4, -0.2) is 45.4 Å². The molecule has 1 N–H and O–H groups in total. The molecule has 1 aromatic carbocycles. The minimum Gasteiger partial charge on any atom is -0.478 e. The SMILES string of the molecule is O=C(O)c1cccc(CN2C(=O)CN(C3CC3)C2=O)c1. The molecule has 1 aliphatic heterocycles. The van der Waals surface area contributed by atoms with Gasteiger partial charge in [-0.3, -0.25) is 9.69 Å². The third kappa shape index (κ3) is 2.24. The van der Waals surface area contributed by atoms with E-state index in [1.54, 1.807) is 17.0 Å². The zero-order valence-electron chi connectivity index (χ0n) is 10.8. The van der Waals surface area contributed by atoms with E-state index in [4.69, 9.17) is 5.11 Å². The van der Waals surface area contributed by atoms with Gasteiger partial charge in [-0.25, -0.2) is 9.59 Å². The van der Waals surface area contributed by atoms with Gasteiger partial charge in [0.05, 0.1) is 12.1 Å². The molecule has 0 radical (unpaired) electrons. The minimum atomic E-state index is -1.02. The van der Waals surface area contributed by atoms with Crippen LogP contribution in [0.1, 0.15) is 28.8 Å². The fraction of sp³-hybridized carbons (Fsp3) is 0.357. The van der Waals surface area contributed by atoms with Crippen molar-refractivity contribution in [2.75, 3.05) is 6.54 Å². The van der Waals surface area contributed by atoms with E-state index >= 15 is 0 Å². The molecule has 0 spiro atoms. The second-order valence-electron chi connectivity index (χ2n) is 5.13. The molecule has 6 heteroatoms. The van der Waals surface area contributed by atoms with Gasteiger partial charge in [0.15, 0.2) is 0 Å². The Bertz CT molecular complexity index is 595. The van der Waals surface area contributed by atoms with E-state index in [2.05, 4.69) is 0 Å². The lowest BCUT2D eigenvalue weighted by Gasteiger charge is -2.16. The molecule has 0 bridgehead atoms. The summed E-state index contributed by atoms with van der Waals surface area (Å²) in [7, 11) is 0. The molecule has 3 rings (SSSR count). The first kappa shape index (κ1) is 12.7. The molecule has 2 fully saturated rings. The maximum absolute atomic E-state index is 12.1. The van der Waals surface area contributed by atoms with Crippen molar-refractivity contribution in [2.45, 2.75) is 25.4 Å². The van der Waals surface area contributed by atoms with Gasteiger partial charge in [-0.05, 0) is 30.5 Å². The molecule has 0 aromatic heterocycles. The van der Waals surface area contributed by atoms with Crippen molar-refractivity contribution in [3.8, 4) is 0 Å². The number of urea groups is 1. The van der Waals surface area contributed by atoms with E-state index in [9.17, 15) is 14.4 Å². The van der Waals surface area contributed by atoms with E-state index in [0.29, 0.717) is 5.56 Å². The predicted molar refractivity (Wildman–Crippen MR) is 69.1 cm³/mol. The van der Waals surface area contributed by atoms with Gasteiger partial charge in [-0.2, -0.15) is 0 Å². The van der Waals surface area contributed by atoms with Crippen LogP contribution in [-0.2, 0) is 11.3 Å². The summed E-state index contributed by atoms with van der Waals surface area (Å²) < 4.78 is 0. The maximum Gasteiger partial charge on any atom is 0.335 e. The van der Waals surface area contributed by atoms with Crippen molar-refractivity contribution in [3.05, 3.63) is 35.4 Å². The Morgan fingerprint density at radius 1 is 1.30 bits per heavy atom. The summed E-state index contributed by atoms with van der Waals surface area (Å²) in [6.45, 7) is 0.268. The average Bonchev–Trinajstić information content (AvgIpc) is 3.22. The Hall–Kier alpha value is -2.37. The number of hydrogen-bond acceptors (Lipinski definition) is 3. The fourth-order valence-electron chi connectivity index (χ4n) is 2.37. The molecular formula is C14H14N2O4. The molecular weight excluding hydrogens is 260 g/mol. The van der Waals surface area contributed by atoms with E-state index in [0.717, 1.165) is 12.8 Å². The van der Waals surface area contributed by atoms with E-state index in [1.807, 2.05) is 0 Å². The van der Waals surface area contributed by atoms with Crippen LogP contribution in [0.2, 0.25) is 0 Å². The second kappa shape index (κ2) is 4.63. The van der Waals surface area contributed by atoms with Crippen molar-refractivity contribution in [2.24, 2.45) is 0 Å². The third-order valence-electron chi connectivity index (χ3n) is 3.59. The lowest BCUT2D eigenvalue weighted by atomic mass is 10.1. The smallest absolute Gasteiger partial charge is 0.335 e. The molecule has 2 aliphatic rings. The zero-order chi connectivity index (χ0) is 14.3. The standard InChI is InChI=1S/C14H14N2O4/c17-12-8-15(11-4-5-11)14(20)16(12)7-9-2-1-3-10(6-9)13(18)19/h1-3,6,11H,4-5,7-8H2,(H,18,19). The number of rotatable bonds is 4. The number of amides is 3. The average molecular weight is 274 g/mol. The highest BCUT2D eigenvalue weighted by Crippen LogP contribution is 2.30. The Labute approximate surface area is 115 Å². The van der Waals surface area contributed by atoms with Gasteiger partial charge in [0.25, 0.3) is 5.91 Å². The fourth-order valence-corrected chi connectivity index (χ4v) is 2.37. The largest absolute Gasteiger partial charge is 0.478 e. The van der Waals surface area contributed by atoms with Crippen LogP contribution in [0, 0.1) is 0 Å². The predicted octanol–water partition coefficient (Wildman–Crippen LogP) is 1.31. The molecule has 3 amide bonds. The van der Waals surface area contributed by atoms with E-state index in [-0.39, 0.29) is 36.6 Å². The number of benzene rings is 1. The lowest BCUT2D eigenvalue weighted by Crippen LogP contribution is -2.33. The van der Waals surface area contributed by atoms with Crippen molar-refractivity contribution < 1.29 is 19.5 Å². The molecule has 6 nitrogen and oxygen atoms in total. The van der Waals surface area contributed by atoms with Crippen LogP contribution in [0.4, 0.5) is 4.79 Å². The van der Waals surface area contributed by atoms with Gasteiger partial charge in [0, 0.05) is 6.04 Å². The molecule has 1 heterocycles. The summed E-state index contributed by atoms with van der Waals surface area (Å²) in [4.78, 5) is 37.7. The summed E-state index contributed by atoms with van der Waals surface area (Å²) in [6, 6.07) is 6.24.